The van der Waals surface area contributed by atoms with Crippen molar-refractivity contribution in [3.8, 4) is 0 Å². The molecule has 0 radical (unpaired) electrons. The van der Waals surface area contributed by atoms with Gasteiger partial charge in [-0.05, 0) is 18.6 Å². The lowest BCUT2D eigenvalue weighted by atomic mass is 10.2. The monoisotopic (exact) mass is 300 g/mol. The topological polar surface area (TPSA) is 101 Å². The highest BCUT2D eigenvalue weighted by Crippen LogP contribution is 2.23. The van der Waals surface area contributed by atoms with Gasteiger partial charge in [0.1, 0.15) is 10.0 Å². The molecule has 0 fully saturated rings. The third-order valence-corrected chi connectivity index (χ3v) is 5.73. The summed E-state index contributed by atoms with van der Waals surface area (Å²) in [7, 11) is -3.53. The Balaban J connectivity index is 2.20. The van der Waals surface area contributed by atoms with Crippen LogP contribution in [0.2, 0.25) is 0 Å². The molecule has 0 aliphatic rings. The third kappa shape index (κ3) is 3.21. The largest absolute Gasteiger partial charge is 0.347 e. The first-order valence-corrected chi connectivity index (χ1v) is 8.17. The Morgan fingerprint density at radius 1 is 1.53 bits per heavy atom. The summed E-state index contributed by atoms with van der Waals surface area (Å²) in [4.78, 5) is 7.85. The molecule has 0 saturated heterocycles. The molecule has 2 aromatic rings. The number of sulfonamides is 1. The molecule has 104 valence electrons. The molecule has 0 saturated carbocycles. The van der Waals surface area contributed by atoms with Gasteiger partial charge in [0.2, 0.25) is 0 Å². The molecule has 0 aliphatic carbocycles. The Morgan fingerprint density at radius 3 is 2.84 bits per heavy atom. The number of aromatic amines is 1. The van der Waals surface area contributed by atoms with E-state index in [1.165, 1.54) is 11.3 Å². The fourth-order valence-electron chi connectivity index (χ4n) is 1.66. The van der Waals surface area contributed by atoms with Crippen molar-refractivity contribution in [2.75, 3.05) is 0 Å². The van der Waals surface area contributed by atoms with Gasteiger partial charge in [-0.25, -0.2) is 13.4 Å². The zero-order chi connectivity index (χ0) is 13.9. The lowest BCUT2D eigenvalue weighted by Crippen LogP contribution is -2.28. The van der Waals surface area contributed by atoms with Gasteiger partial charge >= 0.3 is 0 Å². The molecule has 2 rings (SSSR count). The van der Waals surface area contributed by atoms with E-state index in [0.29, 0.717) is 18.8 Å². The first-order valence-electron chi connectivity index (χ1n) is 5.87. The predicted molar refractivity (Wildman–Crippen MR) is 74.2 cm³/mol. The second-order valence-corrected chi connectivity index (χ2v) is 7.09. The summed E-state index contributed by atoms with van der Waals surface area (Å²) in [6, 6.07) is 2.94. The fraction of sp³-hybridized carbons (Fsp3) is 0.364. The SMILES string of the molecule is CCC(NS(=O)(=O)c1ccc(CN)s1)c1ncc[nH]1. The first kappa shape index (κ1) is 14.2. The number of nitrogens with two attached hydrogens (primary N) is 1. The number of hydrogen-bond donors (Lipinski definition) is 3. The zero-order valence-corrected chi connectivity index (χ0v) is 12.1. The molecule has 0 aromatic carbocycles. The summed E-state index contributed by atoms with van der Waals surface area (Å²) in [5.41, 5.74) is 5.49. The van der Waals surface area contributed by atoms with Crippen LogP contribution in [0.3, 0.4) is 0 Å². The molecule has 0 amide bonds. The number of imidazole rings is 1. The Hall–Kier alpha value is -1.22. The maximum absolute atomic E-state index is 12.2. The van der Waals surface area contributed by atoms with E-state index in [4.69, 9.17) is 5.73 Å². The fourth-order valence-corrected chi connectivity index (χ4v) is 4.19. The van der Waals surface area contributed by atoms with Crippen molar-refractivity contribution >= 4 is 21.4 Å². The van der Waals surface area contributed by atoms with E-state index < -0.39 is 10.0 Å². The number of aromatic nitrogens is 2. The van der Waals surface area contributed by atoms with Gasteiger partial charge in [0.15, 0.2) is 0 Å². The van der Waals surface area contributed by atoms with Gasteiger partial charge in [0, 0.05) is 23.8 Å². The second-order valence-electron chi connectivity index (χ2n) is 3.98. The molecule has 1 atom stereocenters. The van der Waals surface area contributed by atoms with Crippen LogP contribution in [0, 0.1) is 0 Å². The Kier molecular flexibility index (Phi) is 4.35. The van der Waals surface area contributed by atoms with E-state index in [1.807, 2.05) is 6.92 Å². The van der Waals surface area contributed by atoms with Gasteiger partial charge in [0.05, 0.1) is 6.04 Å². The van der Waals surface area contributed by atoms with Crippen LogP contribution in [-0.4, -0.2) is 18.4 Å². The average molecular weight is 300 g/mol. The minimum atomic E-state index is -3.53. The molecule has 1 unspecified atom stereocenters. The third-order valence-electron chi connectivity index (χ3n) is 2.66. The maximum Gasteiger partial charge on any atom is 0.250 e. The maximum atomic E-state index is 12.2. The molecule has 0 bridgehead atoms. The van der Waals surface area contributed by atoms with E-state index in [-0.39, 0.29) is 10.3 Å². The molecule has 4 N–H and O–H groups in total. The predicted octanol–water partition coefficient (Wildman–Crippen LogP) is 1.36. The highest BCUT2D eigenvalue weighted by Gasteiger charge is 2.23. The number of thiophene rings is 1. The normalized spacial score (nSPS) is 13.6. The van der Waals surface area contributed by atoms with Crippen molar-refractivity contribution in [3.63, 3.8) is 0 Å². The van der Waals surface area contributed by atoms with E-state index in [2.05, 4.69) is 14.7 Å². The lowest BCUT2D eigenvalue weighted by Gasteiger charge is -2.13. The van der Waals surface area contributed by atoms with Crippen molar-refractivity contribution in [1.82, 2.24) is 14.7 Å². The van der Waals surface area contributed by atoms with Crippen molar-refractivity contribution in [2.45, 2.75) is 30.1 Å². The molecule has 2 heterocycles. The van der Waals surface area contributed by atoms with E-state index in [9.17, 15) is 8.42 Å². The Bertz CT molecular complexity index is 619. The van der Waals surface area contributed by atoms with E-state index >= 15 is 0 Å². The molecule has 19 heavy (non-hydrogen) atoms. The van der Waals surface area contributed by atoms with Crippen molar-refractivity contribution in [3.05, 3.63) is 35.2 Å². The van der Waals surface area contributed by atoms with E-state index in [0.717, 1.165) is 4.88 Å². The number of H-pyrrole nitrogens is 1. The first-order chi connectivity index (χ1) is 9.06. The molecule has 0 aliphatic heterocycles. The van der Waals surface area contributed by atoms with Crippen LogP contribution in [0.5, 0.6) is 0 Å². The number of nitrogens with zero attached hydrogens (tertiary/aromatic N) is 1. The zero-order valence-electron chi connectivity index (χ0n) is 10.5. The van der Waals surface area contributed by atoms with Gasteiger partial charge in [-0.15, -0.1) is 11.3 Å². The van der Waals surface area contributed by atoms with Crippen LogP contribution in [-0.2, 0) is 16.6 Å². The number of hydrogen-bond acceptors (Lipinski definition) is 5. The van der Waals surface area contributed by atoms with Gasteiger partial charge in [-0.2, -0.15) is 4.72 Å². The quantitative estimate of drug-likeness (QED) is 0.749. The minimum Gasteiger partial charge on any atom is -0.347 e. The van der Waals surface area contributed by atoms with Crippen molar-refractivity contribution in [2.24, 2.45) is 5.73 Å². The molecule has 0 spiro atoms. The molecular weight excluding hydrogens is 284 g/mol. The Morgan fingerprint density at radius 2 is 2.32 bits per heavy atom. The van der Waals surface area contributed by atoms with Crippen molar-refractivity contribution in [1.29, 1.82) is 0 Å². The smallest absolute Gasteiger partial charge is 0.250 e. The van der Waals surface area contributed by atoms with Crippen LogP contribution in [0.1, 0.15) is 30.1 Å². The van der Waals surface area contributed by atoms with Gasteiger partial charge in [-0.3, -0.25) is 0 Å². The minimum absolute atomic E-state index is 0.276. The van der Waals surface area contributed by atoms with Crippen LogP contribution in [0.15, 0.2) is 28.7 Å². The summed E-state index contributed by atoms with van der Waals surface area (Å²) in [5, 5.41) is 0. The van der Waals surface area contributed by atoms with Gasteiger partial charge < -0.3 is 10.7 Å². The van der Waals surface area contributed by atoms with E-state index in [1.54, 1.807) is 24.5 Å². The summed E-state index contributed by atoms with van der Waals surface area (Å²) in [5.74, 6) is 0.613. The highest BCUT2D eigenvalue weighted by molar-refractivity contribution is 7.91. The van der Waals surface area contributed by atoms with Gasteiger partial charge in [0.25, 0.3) is 10.0 Å². The molecule has 6 nitrogen and oxygen atoms in total. The highest BCUT2D eigenvalue weighted by atomic mass is 32.2. The second kappa shape index (κ2) is 5.83. The Labute approximate surface area is 116 Å². The van der Waals surface area contributed by atoms with Crippen LogP contribution < -0.4 is 10.5 Å². The summed E-state index contributed by atoms with van der Waals surface area (Å²) < 4.78 is 27.4. The number of nitrogens with one attached hydrogen (secondary N) is 2. The summed E-state index contributed by atoms with van der Waals surface area (Å²) >= 11 is 1.18. The lowest BCUT2D eigenvalue weighted by molar-refractivity contribution is 0.541. The molecule has 8 heteroatoms. The standard InChI is InChI=1S/C11H16N4O2S2/c1-2-9(11-13-5-6-14-11)15-19(16,17)10-4-3-8(7-12)18-10/h3-6,9,15H,2,7,12H2,1H3,(H,13,14). The van der Waals surface area contributed by atoms with Crippen molar-refractivity contribution < 1.29 is 8.42 Å². The summed E-state index contributed by atoms with van der Waals surface area (Å²) in [6.45, 7) is 2.24. The van der Waals surface area contributed by atoms with Crippen LogP contribution in [0.4, 0.5) is 0 Å². The molecular formula is C11H16N4O2S2. The van der Waals surface area contributed by atoms with Gasteiger partial charge in [-0.1, -0.05) is 6.92 Å². The van der Waals surface area contributed by atoms with Crippen LogP contribution >= 0.6 is 11.3 Å². The summed E-state index contributed by atoms with van der Waals surface area (Å²) in [6.07, 6.45) is 3.88. The molecule has 2 aromatic heterocycles. The van der Waals surface area contributed by atoms with Crippen LogP contribution in [0.25, 0.3) is 0 Å². The average Bonchev–Trinajstić information content (AvgIpc) is 3.06. The number of rotatable bonds is 6.